The van der Waals surface area contributed by atoms with Crippen LogP contribution in [0.1, 0.15) is 65.7 Å². The molecule has 0 radical (unpaired) electrons. The van der Waals surface area contributed by atoms with Gasteiger partial charge in [-0.15, -0.1) is 0 Å². The van der Waals surface area contributed by atoms with Crippen LogP contribution in [0.3, 0.4) is 0 Å². The maximum absolute atomic E-state index is 2.43. The van der Waals surface area contributed by atoms with Gasteiger partial charge in [0.05, 0.1) is 0 Å². The molecule has 0 N–H and O–H groups in total. The van der Waals surface area contributed by atoms with Crippen LogP contribution < -0.4 is 0 Å². The lowest BCUT2D eigenvalue weighted by atomic mass is 9.55. The van der Waals surface area contributed by atoms with E-state index in [0.717, 1.165) is 11.3 Å². The van der Waals surface area contributed by atoms with Gasteiger partial charge in [0.15, 0.2) is 0 Å². The van der Waals surface area contributed by atoms with Crippen LogP contribution in [-0.4, -0.2) is 0 Å². The summed E-state index contributed by atoms with van der Waals surface area (Å²) in [7, 11) is 0. The molecule has 76 valence electrons. The molecule has 0 saturated heterocycles. The lowest BCUT2D eigenvalue weighted by Crippen LogP contribution is -2.38. The molecule has 0 amide bonds. The van der Waals surface area contributed by atoms with Crippen LogP contribution in [0, 0.1) is 16.7 Å². The van der Waals surface area contributed by atoms with Crippen molar-refractivity contribution in [3.8, 4) is 0 Å². The Labute approximate surface area is 83.1 Å². The molecule has 1 spiro atoms. The largest absolute Gasteiger partial charge is 0.0599 e. The van der Waals surface area contributed by atoms with E-state index in [2.05, 4.69) is 20.8 Å². The maximum Gasteiger partial charge on any atom is -0.0295 e. The van der Waals surface area contributed by atoms with Gasteiger partial charge in [0.25, 0.3) is 0 Å². The van der Waals surface area contributed by atoms with Gasteiger partial charge < -0.3 is 0 Å². The van der Waals surface area contributed by atoms with E-state index in [1.807, 2.05) is 0 Å². The zero-order chi connectivity index (χ0) is 9.53. The Bertz CT molecular complexity index is 181. The first-order valence-corrected chi connectivity index (χ1v) is 6.02. The summed E-state index contributed by atoms with van der Waals surface area (Å²) in [6.07, 6.45) is 10.7. The van der Waals surface area contributed by atoms with Crippen molar-refractivity contribution in [2.75, 3.05) is 0 Å². The van der Waals surface area contributed by atoms with Gasteiger partial charge in [-0.2, -0.15) is 0 Å². The number of hydrogen-bond donors (Lipinski definition) is 0. The van der Waals surface area contributed by atoms with Gasteiger partial charge in [-0.3, -0.25) is 0 Å². The van der Waals surface area contributed by atoms with E-state index in [4.69, 9.17) is 0 Å². The third kappa shape index (κ3) is 1.78. The Morgan fingerprint density at radius 2 is 1.62 bits per heavy atom. The fraction of sp³-hybridized carbons (Fsp3) is 1.00. The van der Waals surface area contributed by atoms with Crippen molar-refractivity contribution in [3.63, 3.8) is 0 Å². The number of hydrogen-bond acceptors (Lipinski definition) is 0. The molecule has 0 aromatic rings. The van der Waals surface area contributed by atoms with Gasteiger partial charge in [-0.05, 0) is 48.9 Å². The highest BCUT2D eigenvalue weighted by Gasteiger charge is 2.43. The van der Waals surface area contributed by atoms with Crippen LogP contribution in [0.5, 0.6) is 0 Å². The summed E-state index contributed by atoms with van der Waals surface area (Å²) in [6.45, 7) is 7.28. The SMILES string of the molecule is CC(C)(C)C1CCCC2(CCC2)C1. The van der Waals surface area contributed by atoms with Gasteiger partial charge in [0.1, 0.15) is 0 Å². The third-order valence-corrected chi connectivity index (χ3v) is 4.58. The Balaban J connectivity index is 2.00. The molecular formula is C13H24. The summed E-state index contributed by atoms with van der Waals surface area (Å²) in [5.41, 5.74) is 1.39. The fourth-order valence-electron chi connectivity index (χ4n) is 3.32. The van der Waals surface area contributed by atoms with Crippen molar-refractivity contribution in [2.24, 2.45) is 16.7 Å². The van der Waals surface area contributed by atoms with E-state index in [-0.39, 0.29) is 0 Å². The van der Waals surface area contributed by atoms with Crippen LogP contribution in [-0.2, 0) is 0 Å². The van der Waals surface area contributed by atoms with E-state index in [1.54, 1.807) is 19.3 Å². The molecule has 13 heavy (non-hydrogen) atoms. The Morgan fingerprint density at radius 1 is 1.00 bits per heavy atom. The van der Waals surface area contributed by atoms with E-state index in [1.165, 1.54) is 25.7 Å². The first-order chi connectivity index (χ1) is 6.02. The van der Waals surface area contributed by atoms with E-state index in [9.17, 15) is 0 Å². The summed E-state index contributed by atoms with van der Waals surface area (Å²) in [5, 5.41) is 0. The maximum atomic E-state index is 2.43. The zero-order valence-corrected chi connectivity index (χ0v) is 9.53. The van der Waals surface area contributed by atoms with Gasteiger partial charge in [-0.1, -0.05) is 33.6 Å². The van der Waals surface area contributed by atoms with E-state index in [0.29, 0.717) is 5.41 Å². The third-order valence-electron chi connectivity index (χ3n) is 4.58. The molecule has 2 aliphatic rings. The molecule has 2 rings (SSSR count). The normalized spacial score (nSPS) is 33.0. The molecule has 0 bridgehead atoms. The zero-order valence-electron chi connectivity index (χ0n) is 9.53. The predicted molar refractivity (Wildman–Crippen MR) is 57.7 cm³/mol. The summed E-state index contributed by atoms with van der Waals surface area (Å²) < 4.78 is 0. The Hall–Kier alpha value is 0. The average molecular weight is 180 g/mol. The van der Waals surface area contributed by atoms with Gasteiger partial charge >= 0.3 is 0 Å². The fourth-order valence-corrected chi connectivity index (χ4v) is 3.32. The molecule has 0 aliphatic heterocycles. The minimum Gasteiger partial charge on any atom is -0.0599 e. The van der Waals surface area contributed by atoms with Gasteiger partial charge in [-0.25, -0.2) is 0 Å². The van der Waals surface area contributed by atoms with Crippen molar-refractivity contribution >= 4 is 0 Å². The van der Waals surface area contributed by atoms with Crippen molar-refractivity contribution < 1.29 is 0 Å². The van der Waals surface area contributed by atoms with Gasteiger partial charge in [0, 0.05) is 0 Å². The first kappa shape index (κ1) is 9.55. The standard InChI is InChI=1S/C13H24/c1-12(2,3)11-6-4-7-13(10-11)8-5-9-13/h11H,4-10H2,1-3H3. The summed E-state index contributed by atoms with van der Waals surface area (Å²) >= 11 is 0. The minimum absolute atomic E-state index is 0.559. The summed E-state index contributed by atoms with van der Waals surface area (Å²) in [5.74, 6) is 1.00. The molecule has 2 fully saturated rings. The highest BCUT2D eigenvalue weighted by Crippen LogP contribution is 2.55. The highest BCUT2D eigenvalue weighted by molar-refractivity contribution is 4.94. The van der Waals surface area contributed by atoms with Crippen molar-refractivity contribution in [1.82, 2.24) is 0 Å². The van der Waals surface area contributed by atoms with Crippen molar-refractivity contribution in [1.29, 1.82) is 0 Å². The van der Waals surface area contributed by atoms with Crippen LogP contribution in [0.15, 0.2) is 0 Å². The molecule has 0 aromatic carbocycles. The van der Waals surface area contributed by atoms with E-state index < -0.39 is 0 Å². The van der Waals surface area contributed by atoms with Crippen LogP contribution in [0.2, 0.25) is 0 Å². The van der Waals surface area contributed by atoms with Crippen molar-refractivity contribution in [2.45, 2.75) is 65.7 Å². The second kappa shape index (κ2) is 3.00. The molecule has 0 heterocycles. The quantitative estimate of drug-likeness (QED) is 0.518. The molecule has 2 aliphatic carbocycles. The highest BCUT2D eigenvalue weighted by atomic mass is 14.5. The van der Waals surface area contributed by atoms with E-state index >= 15 is 0 Å². The summed E-state index contributed by atoms with van der Waals surface area (Å²) in [6, 6.07) is 0. The predicted octanol–water partition coefficient (Wildman–Crippen LogP) is 4.39. The van der Waals surface area contributed by atoms with Crippen LogP contribution in [0.4, 0.5) is 0 Å². The molecule has 0 aromatic heterocycles. The topological polar surface area (TPSA) is 0 Å². The monoisotopic (exact) mass is 180 g/mol. The Morgan fingerprint density at radius 3 is 2.08 bits per heavy atom. The number of rotatable bonds is 0. The molecule has 0 nitrogen and oxygen atoms in total. The first-order valence-electron chi connectivity index (χ1n) is 6.02. The molecule has 1 atom stereocenters. The smallest absolute Gasteiger partial charge is 0.0295 e. The molecular weight excluding hydrogens is 156 g/mol. The Kier molecular flexibility index (Phi) is 2.20. The molecule has 2 saturated carbocycles. The molecule has 0 heteroatoms. The van der Waals surface area contributed by atoms with Crippen LogP contribution >= 0.6 is 0 Å². The summed E-state index contributed by atoms with van der Waals surface area (Å²) in [4.78, 5) is 0. The average Bonchev–Trinajstić information content (AvgIpc) is 2.00. The van der Waals surface area contributed by atoms with Crippen molar-refractivity contribution in [3.05, 3.63) is 0 Å². The lowest BCUT2D eigenvalue weighted by molar-refractivity contribution is 0.00990. The molecule has 1 unspecified atom stereocenters. The minimum atomic E-state index is 0.559. The lowest BCUT2D eigenvalue weighted by Gasteiger charge is -2.50. The second-order valence-corrected chi connectivity index (χ2v) is 6.51. The van der Waals surface area contributed by atoms with Gasteiger partial charge in [0.2, 0.25) is 0 Å². The van der Waals surface area contributed by atoms with Crippen LogP contribution in [0.25, 0.3) is 0 Å². The second-order valence-electron chi connectivity index (χ2n) is 6.51.